The first-order valence-corrected chi connectivity index (χ1v) is 15.9. The van der Waals surface area contributed by atoms with Gasteiger partial charge in [-0.3, -0.25) is 9.55 Å². The van der Waals surface area contributed by atoms with Gasteiger partial charge in [-0.05, 0) is 64.2 Å². The fourth-order valence-corrected chi connectivity index (χ4v) is 7.84. The molecule has 9 aromatic rings. The average Bonchev–Trinajstić information content (AvgIpc) is 3.73. The molecular formula is C43H27N3O. The van der Waals surface area contributed by atoms with Gasteiger partial charge in [0.1, 0.15) is 17.0 Å². The van der Waals surface area contributed by atoms with E-state index in [0.29, 0.717) is 0 Å². The molecule has 0 saturated carbocycles. The number of nitrogens with zero attached hydrogens (tertiary/aromatic N) is 3. The topological polar surface area (TPSA) is 43.9 Å². The predicted molar refractivity (Wildman–Crippen MR) is 189 cm³/mol. The quantitative estimate of drug-likeness (QED) is 0.202. The molecule has 1 aliphatic heterocycles. The van der Waals surface area contributed by atoms with E-state index in [2.05, 4.69) is 143 Å². The number of hydrogen-bond donors (Lipinski definition) is 0. The van der Waals surface area contributed by atoms with E-state index < -0.39 is 5.41 Å². The Bertz CT molecular complexity index is 2580. The van der Waals surface area contributed by atoms with Crippen molar-refractivity contribution in [3.05, 3.63) is 186 Å². The molecule has 4 heterocycles. The van der Waals surface area contributed by atoms with Crippen LogP contribution in [0.2, 0.25) is 0 Å². The third-order valence-electron chi connectivity index (χ3n) is 9.77. The van der Waals surface area contributed by atoms with E-state index >= 15 is 0 Å². The fraction of sp³-hybridized carbons (Fsp3) is 0.0233. The lowest BCUT2D eigenvalue weighted by Gasteiger charge is -2.41. The molecule has 220 valence electrons. The van der Waals surface area contributed by atoms with Crippen molar-refractivity contribution in [1.82, 2.24) is 14.5 Å². The van der Waals surface area contributed by atoms with Crippen molar-refractivity contribution in [3.8, 4) is 28.2 Å². The Morgan fingerprint density at radius 3 is 2.11 bits per heavy atom. The molecule has 1 aliphatic rings. The SMILES string of the molecule is c1ccc(C2(c3ccccc3)c3cc(-c4cccc5c4oc4ccccc45)ccc3-n3c(-c4cccnc4)nc4cccc2c43)cc1. The molecule has 0 amide bonds. The molecule has 6 aromatic carbocycles. The minimum atomic E-state index is -0.614. The smallest absolute Gasteiger partial charge is 0.147 e. The van der Waals surface area contributed by atoms with Gasteiger partial charge in [0.05, 0.1) is 22.1 Å². The van der Waals surface area contributed by atoms with Crippen molar-refractivity contribution in [3.63, 3.8) is 0 Å². The first-order valence-electron chi connectivity index (χ1n) is 15.9. The molecule has 0 atom stereocenters. The van der Waals surface area contributed by atoms with Crippen LogP contribution in [-0.2, 0) is 5.41 Å². The van der Waals surface area contributed by atoms with Gasteiger partial charge in [-0.2, -0.15) is 0 Å². The lowest BCUT2D eigenvalue weighted by molar-refractivity contribution is 0.670. The van der Waals surface area contributed by atoms with Gasteiger partial charge in [0.15, 0.2) is 0 Å². The summed E-state index contributed by atoms with van der Waals surface area (Å²) in [5.74, 6) is 0.878. The summed E-state index contributed by atoms with van der Waals surface area (Å²) in [5.41, 5.74) is 12.3. The van der Waals surface area contributed by atoms with Gasteiger partial charge in [0.25, 0.3) is 0 Å². The third kappa shape index (κ3) is 3.58. The van der Waals surface area contributed by atoms with E-state index in [4.69, 9.17) is 9.40 Å². The maximum Gasteiger partial charge on any atom is 0.147 e. The maximum atomic E-state index is 6.55. The summed E-state index contributed by atoms with van der Waals surface area (Å²) in [6, 6.07) is 54.0. The van der Waals surface area contributed by atoms with Crippen LogP contribution >= 0.6 is 0 Å². The summed E-state index contributed by atoms with van der Waals surface area (Å²) in [6.45, 7) is 0. The highest BCUT2D eigenvalue weighted by atomic mass is 16.3. The number of imidazole rings is 1. The number of rotatable bonds is 4. The second-order valence-electron chi connectivity index (χ2n) is 12.2. The van der Waals surface area contributed by atoms with Crippen molar-refractivity contribution in [2.24, 2.45) is 0 Å². The number of fused-ring (bicyclic) bond motifs is 5. The molecule has 4 nitrogen and oxygen atoms in total. The zero-order valence-electron chi connectivity index (χ0n) is 25.3. The standard InChI is InChI=1S/C43H27N3O/c1-3-13-30(14-4-1)43(31-15-5-2-6-16-31)35-20-10-21-37-40(35)46(42(45-37)29-12-11-25-44-27-29)38-24-23-28(26-36(38)43)32-18-9-19-34-33-17-7-8-22-39(33)47-41(32)34/h1-27H. The van der Waals surface area contributed by atoms with Crippen molar-refractivity contribution < 1.29 is 4.42 Å². The zero-order chi connectivity index (χ0) is 31.0. The molecule has 0 aliphatic carbocycles. The molecular weight excluding hydrogens is 574 g/mol. The van der Waals surface area contributed by atoms with Crippen LogP contribution in [0.15, 0.2) is 168 Å². The third-order valence-corrected chi connectivity index (χ3v) is 9.77. The van der Waals surface area contributed by atoms with E-state index in [1.54, 1.807) is 0 Å². The first-order chi connectivity index (χ1) is 23.3. The van der Waals surface area contributed by atoms with Crippen LogP contribution in [-0.4, -0.2) is 14.5 Å². The highest BCUT2D eigenvalue weighted by molar-refractivity contribution is 6.09. The average molecular weight is 602 g/mol. The Labute approximate surface area is 271 Å². The van der Waals surface area contributed by atoms with Crippen LogP contribution in [0.1, 0.15) is 22.3 Å². The first kappa shape index (κ1) is 26.0. The lowest BCUT2D eigenvalue weighted by Crippen LogP contribution is -2.35. The predicted octanol–water partition coefficient (Wildman–Crippen LogP) is 10.3. The van der Waals surface area contributed by atoms with Crippen molar-refractivity contribution in [2.75, 3.05) is 0 Å². The number of benzene rings is 6. The minimum Gasteiger partial charge on any atom is -0.455 e. The summed E-state index contributed by atoms with van der Waals surface area (Å²) < 4.78 is 8.89. The highest BCUT2D eigenvalue weighted by Crippen LogP contribution is 2.54. The van der Waals surface area contributed by atoms with Crippen LogP contribution < -0.4 is 0 Å². The Morgan fingerprint density at radius 2 is 1.32 bits per heavy atom. The Kier molecular flexibility index (Phi) is 5.46. The van der Waals surface area contributed by atoms with Gasteiger partial charge < -0.3 is 4.42 Å². The molecule has 10 rings (SSSR count). The summed E-state index contributed by atoms with van der Waals surface area (Å²) in [7, 11) is 0. The van der Waals surface area contributed by atoms with Gasteiger partial charge in [-0.1, -0.05) is 115 Å². The van der Waals surface area contributed by atoms with Crippen molar-refractivity contribution in [1.29, 1.82) is 0 Å². The van der Waals surface area contributed by atoms with E-state index in [1.165, 1.54) is 22.3 Å². The summed E-state index contributed by atoms with van der Waals surface area (Å²) in [5, 5.41) is 2.25. The second-order valence-corrected chi connectivity index (χ2v) is 12.2. The zero-order valence-corrected chi connectivity index (χ0v) is 25.3. The summed E-state index contributed by atoms with van der Waals surface area (Å²) in [6.07, 6.45) is 3.71. The van der Waals surface area contributed by atoms with E-state index in [0.717, 1.165) is 61.2 Å². The highest BCUT2D eigenvalue weighted by Gasteiger charge is 2.45. The molecule has 0 saturated heterocycles. The van der Waals surface area contributed by atoms with Gasteiger partial charge in [0.2, 0.25) is 0 Å². The Balaban J connectivity index is 1.37. The van der Waals surface area contributed by atoms with Crippen molar-refractivity contribution >= 4 is 33.0 Å². The van der Waals surface area contributed by atoms with Crippen molar-refractivity contribution in [2.45, 2.75) is 5.41 Å². The lowest BCUT2D eigenvalue weighted by atomic mass is 9.63. The number of para-hydroxylation sites is 3. The Morgan fingerprint density at radius 1 is 0.574 bits per heavy atom. The Hall–Kier alpha value is -6.26. The van der Waals surface area contributed by atoms with Crippen LogP contribution in [0.5, 0.6) is 0 Å². The molecule has 47 heavy (non-hydrogen) atoms. The fourth-order valence-electron chi connectivity index (χ4n) is 7.84. The summed E-state index contributed by atoms with van der Waals surface area (Å²) >= 11 is 0. The number of pyridine rings is 1. The number of hydrogen-bond acceptors (Lipinski definition) is 3. The largest absolute Gasteiger partial charge is 0.455 e. The molecule has 0 spiro atoms. The molecule has 3 aromatic heterocycles. The van der Waals surface area contributed by atoms with Crippen LogP contribution in [0.25, 0.3) is 61.2 Å². The van der Waals surface area contributed by atoms with Crippen LogP contribution in [0, 0.1) is 0 Å². The maximum absolute atomic E-state index is 6.55. The molecule has 0 bridgehead atoms. The molecule has 0 N–H and O–H groups in total. The molecule has 0 unspecified atom stereocenters. The van der Waals surface area contributed by atoms with E-state index in [-0.39, 0.29) is 0 Å². The number of aromatic nitrogens is 3. The van der Waals surface area contributed by atoms with Gasteiger partial charge in [-0.15, -0.1) is 0 Å². The second kappa shape index (κ2) is 9.87. The van der Waals surface area contributed by atoms with Gasteiger partial charge in [-0.25, -0.2) is 4.98 Å². The van der Waals surface area contributed by atoms with Crippen LogP contribution in [0.4, 0.5) is 0 Å². The normalized spacial score (nSPS) is 13.3. The summed E-state index contributed by atoms with van der Waals surface area (Å²) in [4.78, 5) is 9.72. The molecule has 0 fully saturated rings. The van der Waals surface area contributed by atoms with E-state index in [1.807, 2.05) is 30.6 Å². The van der Waals surface area contributed by atoms with Crippen LogP contribution in [0.3, 0.4) is 0 Å². The van der Waals surface area contributed by atoms with Gasteiger partial charge in [0, 0.05) is 34.3 Å². The molecule has 4 heteroatoms. The number of furan rings is 1. The van der Waals surface area contributed by atoms with E-state index in [9.17, 15) is 0 Å². The monoisotopic (exact) mass is 601 g/mol. The van der Waals surface area contributed by atoms with Gasteiger partial charge >= 0.3 is 0 Å². The molecule has 0 radical (unpaired) electrons. The minimum absolute atomic E-state index is 0.614.